The van der Waals surface area contributed by atoms with Crippen molar-refractivity contribution in [2.45, 2.75) is 18.9 Å². The molecule has 102 valence electrons. The van der Waals surface area contributed by atoms with Gasteiger partial charge in [0.2, 0.25) is 5.82 Å². The molecule has 1 saturated carbocycles. The number of hydrogen-bond acceptors (Lipinski definition) is 4. The number of hydrogen-bond donors (Lipinski definition) is 0. The SMILES string of the molecule is CN(C(=O)COc1ccc([N+](=O)[O-])c(F)c1)C1CC1. The van der Waals surface area contributed by atoms with E-state index in [1.165, 1.54) is 6.07 Å². The van der Waals surface area contributed by atoms with E-state index in [4.69, 9.17) is 4.74 Å². The molecule has 1 fully saturated rings. The van der Waals surface area contributed by atoms with Crippen LogP contribution in [0.2, 0.25) is 0 Å². The second kappa shape index (κ2) is 5.21. The first-order chi connectivity index (χ1) is 8.99. The van der Waals surface area contributed by atoms with Gasteiger partial charge in [0.1, 0.15) is 5.75 Å². The van der Waals surface area contributed by atoms with Gasteiger partial charge in [0, 0.05) is 25.2 Å². The Labute approximate surface area is 108 Å². The number of likely N-dealkylation sites (N-methyl/N-ethyl adjacent to an activating group) is 1. The molecule has 0 aromatic heterocycles. The number of nitrogens with zero attached hydrogens (tertiary/aromatic N) is 2. The summed E-state index contributed by atoms with van der Waals surface area (Å²) in [4.78, 5) is 22.9. The molecule has 0 saturated heterocycles. The first-order valence-corrected chi connectivity index (χ1v) is 5.81. The van der Waals surface area contributed by atoms with Crippen molar-refractivity contribution >= 4 is 11.6 Å². The van der Waals surface area contributed by atoms with Crippen LogP contribution in [-0.4, -0.2) is 35.4 Å². The zero-order chi connectivity index (χ0) is 14.0. The van der Waals surface area contributed by atoms with Gasteiger partial charge in [-0.1, -0.05) is 0 Å². The Morgan fingerprint density at radius 1 is 1.58 bits per heavy atom. The third-order valence-corrected chi connectivity index (χ3v) is 2.97. The summed E-state index contributed by atoms with van der Waals surface area (Å²) in [5, 5.41) is 10.4. The molecule has 0 N–H and O–H groups in total. The van der Waals surface area contributed by atoms with Crippen LogP contribution in [0.15, 0.2) is 18.2 Å². The summed E-state index contributed by atoms with van der Waals surface area (Å²) in [6.45, 7) is -0.204. The Kier molecular flexibility index (Phi) is 3.64. The minimum absolute atomic E-state index is 0.0978. The van der Waals surface area contributed by atoms with Gasteiger partial charge in [-0.25, -0.2) is 0 Å². The van der Waals surface area contributed by atoms with Gasteiger partial charge in [0.05, 0.1) is 4.92 Å². The molecule has 1 aliphatic rings. The first kappa shape index (κ1) is 13.3. The number of carbonyl (C=O) groups is 1. The van der Waals surface area contributed by atoms with E-state index in [1.54, 1.807) is 11.9 Å². The zero-order valence-corrected chi connectivity index (χ0v) is 10.3. The van der Waals surface area contributed by atoms with Crippen LogP contribution < -0.4 is 4.74 Å². The van der Waals surface area contributed by atoms with Crippen molar-refractivity contribution in [3.05, 3.63) is 34.1 Å². The smallest absolute Gasteiger partial charge is 0.305 e. The molecule has 7 heteroatoms. The van der Waals surface area contributed by atoms with Crippen LogP contribution in [-0.2, 0) is 4.79 Å². The number of ether oxygens (including phenoxy) is 1. The van der Waals surface area contributed by atoms with Crippen LogP contribution in [0.25, 0.3) is 0 Å². The van der Waals surface area contributed by atoms with Crippen molar-refractivity contribution in [3.63, 3.8) is 0 Å². The number of nitro groups is 1. The average Bonchev–Trinajstić information content (AvgIpc) is 3.18. The highest BCUT2D eigenvalue weighted by molar-refractivity contribution is 5.78. The summed E-state index contributed by atoms with van der Waals surface area (Å²) in [6.07, 6.45) is 1.99. The van der Waals surface area contributed by atoms with Crippen molar-refractivity contribution in [3.8, 4) is 5.75 Å². The Bertz CT molecular complexity index is 516. The Hall–Kier alpha value is -2.18. The maximum atomic E-state index is 13.3. The fourth-order valence-electron chi connectivity index (χ4n) is 1.64. The van der Waals surface area contributed by atoms with Crippen molar-refractivity contribution in [2.75, 3.05) is 13.7 Å². The van der Waals surface area contributed by atoms with E-state index < -0.39 is 16.4 Å². The summed E-state index contributed by atoms with van der Waals surface area (Å²) < 4.78 is 18.4. The standard InChI is InChI=1S/C12H13FN2O4/c1-14(8-2-3-8)12(16)7-19-9-4-5-11(15(17)18)10(13)6-9/h4-6,8H,2-3,7H2,1H3. The Morgan fingerprint density at radius 3 is 2.79 bits per heavy atom. The van der Waals surface area contributed by atoms with E-state index in [0.29, 0.717) is 0 Å². The van der Waals surface area contributed by atoms with Gasteiger partial charge in [-0.2, -0.15) is 4.39 Å². The van der Waals surface area contributed by atoms with E-state index in [1.807, 2.05) is 0 Å². The molecule has 0 bridgehead atoms. The highest BCUT2D eigenvalue weighted by Crippen LogP contribution is 2.26. The molecule has 6 nitrogen and oxygen atoms in total. The average molecular weight is 268 g/mol. The van der Waals surface area contributed by atoms with Gasteiger partial charge in [-0.05, 0) is 18.9 Å². The largest absolute Gasteiger partial charge is 0.484 e. The minimum Gasteiger partial charge on any atom is -0.484 e. The molecule has 2 rings (SSSR count). The summed E-state index contributed by atoms with van der Waals surface area (Å²) in [6, 6.07) is 3.47. The molecule has 0 unspecified atom stereocenters. The quantitative estimate of drug-likeness (QED) is 0.602. The predicted octanol–water partition coefficient (Wildman–Crippen LogP) is 1.73. The normalized spacial score (nSPS) is 14.0. The third kappa shape index (κ3) is 3.18. The van der Waals surface area contributed by atoms with Crippen molar-refractivity contribution in [1.82, 2.24) is 4.90 Å². The summed E-state index contributed by atoms with van der Waals surface area (Å²) in [5.74, 6) is -1.08. The van der Waals surface area contributed by atoms with Crippen molar-refractivity contribution < 1.29 is 18.8 Å². The van der Waals surface area contributed by atoms with Crippen LogP contribution in [0.4, 0.5) is 10.1 Å². The number of amides is 1. The van der Waals surface area contributed by atoms with E-state index in [9.17, 15) is 19.3 Å². The number of nitro benzene ring substituents is 1. The molecule has 0 atom stereocenters. The molecule has 0 spiro atoms. The zero-order valence-electron chi connectivity index (χ0n) is 10.3. The summed E-state index contributed by atoms with van der Waals surface area (Å²) >= 11 is 0. The minimum atomic E-state index is -0.981. The highest BCUT2D eigenvalue weighted by atomic mass is 19.1. The molecule has 0 heterocycles. The van der Waals surface area contributed by atoms with Crippen LogP contribution in [0.3, 0.4) is 0 Å². The monoisotopic (exact) mass is 268 g/mol. The van der Waals surface area contributed by atoms with Crippen LogP contribution in [0.1, 0.15) is 12.8 Å². The second-order valence-corrected chi connectivity index (χ2v) is 4.39. The number of benzene rings is 1. The molecule has 1 aromatic rings. The number of rotatable bonds is 5. The van der Waals surface area contributed by atoms with Gasteiger partial charge < -0.3 is 9.64 Å². The lowest BCUT2D eigenvalue weighted by molar-refractivity contribution is -0.387. The molecule has 19 heavy (non-hydrogen) atoms. The molecular formula is C12H13FN2O4. The lowest BCUT2D eigenvalue weighted by Crippen LogP contribution is -2.33. The fourth-order valence-corrected chi connectivity index (χ4v) is 1.64. The van der Waals surface area contributed by atoms with E-state index in [0.717, 1.165) is 25.0 Å². The molecule has 0 radical (unpaired) electrons. The van der Waals surface area contributed by atoms with Crippen LogP contribution in [0.5, 0.6) is 5.75 Å². The lowest BCUT2D eigenvalue weighted by atomic mass is 10.3. The molecule has 0 aliphatic heterocycles. The molecule has 1 amide bonds. The van der Waals surface area contributed by atoms with Gasteiger partial charge in [-0.15, -0.1) is 0 Å². The Morgan fingerprint density at radius 2 is 2.26 bits per heavy atom. The highest BCUT2D eigenvalue weighted by Gasteiger charge is 2.29. The van der Waals surface area contributed by atoms with E-state index in [2.05, 4.69) is 0 Å². The lowest BCUT2D eigenvalue weighted by Gasteiger charge is -2.16. The molecule has 1 aromatic carbocycles. The van der Waals surface area contributed by atoms with Crippen LogP contribution >= 0.6 is 0 Å². The second-order valence-electron chi connectivity index (χ2n) is 4.39. The van der Waals surface area contributed by atoms with Gasteiger partial charge in [-0.3, -0.25) is 14.9 Å². The molecule has 1 aliphatic carbocycles. The Balaban J connectivity index is 1.94. The summed E-state index contributed by atoms with van der Waals surface area (Å²) in [5.41, 5.74) is -0.617. The first-order valence-electron chi connectivity index (χ1n) is 5.81. The fraction of sp³-hybridized carbons (Fsp3) is 0.417. The third-order valence-electron chi connectivity index (χ3n) is 2.97. The van der Waals surface area contributed by atoms with E-state index in [-0.39, 0.29) is 24.3 Å². The van der Waals surface area contributed by atoms with Crippen LogP contribution in [0, 0.1) is 15.9 Å². The van der Waals surface area contributed by atoms with Gasteiger partial charge in [0.25, 0.3) is 5.91 Å². The van der Waals surface area contributed by atoms with Crippen molar-refractivity contribution in [2.24, 2.45) is 0 Å². The van der Waals surface area contributed by atoms with Crippen molar-refractivity contribution in [1.29, 1.82) is 0 Å². The maximum Gasteiger partial charge on any atom is 0.305 e. The van der Waals surface area contributed by atoms with E-state index >= 15 is 0 Å². The topological polar surface area (TPSA) is 72.7 Å². The van der Waals surface area contributed by atoms with Gasteiger partial charge in [0.15, 0.2) is 6.61 Å². The predicted molar refractivity (Wildman–Crippen MR) is 64.3 cm³/mol. The van der Waals surface area contributed by atoms with Gasteiger partial charge >= 0.3 is 5.69 Å². The molecular weight excluding hydrogens is 255 g/mol. The number of carbonyl (C=O) groups excluding carboxylic acids is 1. The summed E-state index contributed by atoms with van der Waals surface area (Å²) in [7, 11) is 1.69. The number of halogens is 1. The maximum absolute atomic E-state index is 13.3.